The zero-order valence-corrected chi connectivity index (χ0v) is 14.7. The Morgan fingerprint density at radius 3 is 2.48 bits per heavy atom. The third-order valence-corrected chi connectivity index (χ3v) is 5.80. The smallest absolute Gasteiger partial charge is 0.257 e. The molecule has 0 atom stereocenters. The van der Waals surface area contributed by atoms with Crippen molar-refractivity contribution in [3.05, 3.63) is 17.8 Å². The van der Waals surface area contributed by atoms with Gasteiger partial charge in [0.05, 0.1) is 18.4 Å². The minimum absolute atomic E-state index is 0.0400. The van der Waals surface area contributed by atoms with Gasteiger partial charge in [0.1, 0.15) is 4.90 Å². The Kier molecular flexibility index (Phi) is 5.96. The van der Waals surface area contributed by atoms with Gasteiger partial charge in [-0.25, -0.2) is 13.4 Å². The van der Waals surface area contributed by atoms with Crippen molar-refractivity contribution in [2.24, 2.45) is 0 Å². The summed E-state index contributed by atoms with van der Waals surface area (Å²) in [4.78, 5) is 17.6. The normalized spacial score (nSPS) is 17.2. The van der Waals surface area contributed by atoms with Crippen molar-refractivity contribution in [1.29, 1.82) is 0 Å². The Bertz CT molecular complexity index is 673. The van der Waals surface area contributed by atoms with E-state index in [-0.39, 0.29) is 16.3 Å². The first kappa shape index (κ1) is 18.1. The molecule has 2 heterocycles. The number of halogens is 1. The van der Waals surface area contributed by atoms with Gasteiger partial charge in [-0.3, -0.25) is 4.79 Å². The molecule has 0 aliphatic carbocycles. The molecule has 1 aliphatic heterocycles. The molecule has 0 amide bonds. The van der Waals surface area contributed by atoms with Crippen molar-refractivity contribution < 1.29 is 17.9 Å². The minimum Gasteiger partial charge on any atom is -0.477 e. The molecule has 1 fully saturated rings. The van der Waals surface area contributed by atoms with Crippen LogP contribution in [0.1, 0.15) is 24.2 Å². The van der Waals surface area contributed by atoms with Gasteiger partial charge in [-0.15, -0.1) is 0 Å². The van der Waals surface area contributed by atoms with E-state index in [1.165, 1.54) is 16.6 Å². The second kappa shape index (κ2) is 7.57. The molecule has 0 N–H and O–H groups in total. The van der Waals surface area contributed by atoms with Gasteiger partial charge < -0.3 is 9.64 Å². The van der Waals surface area contributed by atoms with Gasteiger partial charge in [-0.05, 0) is 31.1 Å². The second-order valence-electron chi connectivity index (χ2n) is 5.07. The lowest BCUT2D eigenvalue weighted by Gasteiger charge is -2.33. The van der Waals surface area contributed by atoms with Crippen LogP contribution in [-0.4, -0.2) is 67.2 Å². The van der Waals surface area contributed by atoms with Crippen molar-refractivity contribution in [2.75, 3.05) is 39.3 Å². The third kappa shape index (κ3) is 4.00. The lowest BCUT2D eigenvalue weighted by atomic mass is 10.3. The van der Waals surface area contributed by atoms with Crippen LogP contribution in [0.2, 0.25) is 0 Å². The maximum atomic E-state index is 12.7. The van der Waals surface area contributed by atoms with Crippen molar-refractivity contribution in [3.8, 4) is 5.88 Å². The number of aromatic nitrogens is 1. The van der Waals surface area contributed by atoms with Gasteiger partial charge in [0, 0.05) is 26.2 Å². The van der Waals surface area contributed by atoms with Gasteiger partial charge in [0.2, 0.25) is 15.9 Å². The Balaban J connectivity index is 2.29. The van der Waals surface area contributed by atoms with E-state index in [2.05, 4.69) is 9.88 Å². The van der Waals surface area contributed by atoms with Gasteiger partial charge in [0.25, 0.3) is 5.24 Å². The number of hydrogen-bond donors (Lipinski definition) is 0. The summed E-state index contributed by atoms with van der Waals surface area (Å²) in [5.74, 6) is 0.0438. The predicted molar refractivity (Wildman–Crippen MR) is 86.5 cm³/mol. The maximum Gasteiger partial charge on any atom is 0.257 e. The summed E-state index contributed by atoms with van der Waals surface area (Å²) >= 11 is 5.52. The molecular weight excluding hydrogens is 342 g/mol. The van der Waals surface area contributed by atoms with Crippen molar-refractivity contribution in [1.82, 2.24) is 14.2 Å². The van der Waals surface area contributed by atoms with Crippen molar-refractivity contribution in [2.45, 2.75) is 18.7 Å². The number of hydrogen-bond acceptors (Lipinski definition) is 6. The SMILES string of the molecule is CCOc1ncc(S(=O)(=O)N2CCN(CC)CC2)cc1C(=O)Cl. The summed E-state index contributed by atoms with van der Waals surface area (Å²) in [6.07, 6.45) is 1.20. The highest BCUT2D eigenvalue weighted by molar-refractivity contribution is 7.89. The Hall–Kier alpha value is -1.22. The molecule has 0 unspecified atom stereocenters. The first-order valence-corrected chi connectivity index (χ1v) is 9.27. The van der Waals surface area contributed by atoms with Crippen LogP contribution < -0.4 is 4.74 Å². The standard InChI is InChI=1S/C14H20ClN3O4S/c1-3-17-5-7-18(8-6-17)23(20,21)11-9-12(13(15)19)14(16-10-11)22-4-2/h9-10H,3-8H2,1-2H3. The van der Waals surface area contributed by atoms with Gasteiger partial charge >= 0.3 is 0 Å². The van der Waals surface area contributed by atoms with E-state index < -0.39 is 15.3 Å². The number of piperazine rings is 1. The fourth-order valence-corrected chi connectivity index (χ4v) is 3.93. The second-order valence-corrected chi connectivity index (χ2v) is 7.35. The lowest BCUT2D eigenvalue weighted by Crippen LogP contribution is -2.48. The highest BCUT2D eigenvalue weighted by atomic mass is 35.5. The molecule has 9 heteroatoms. The van der Waals surface area contributed by atoms with Crippen LogP contribution in [0.25, 0.3) is 0 Å². The molecule has 0 aromatic carbocycles. The molecule has 0 bridgehead atoms. The van der Waals surface area contributed by atoms with E-state index in [0.29, 0.717) is 32.8 Å². The highest BCUT2D eigenvalue weighted by Gasteiger charge is 2.29. The van der Waals surface area contributed by atoms with Crippen molar-refractivity contribution >= 4 is 26.9 Å². The van der Waals surface area contributed by atoms with Crippen LogP contribution in [0.5, 0.6) is 5.88 Å². The fourth-order valence-electron chi connectivity index (χ4n) is 2.40. The summed E-state index contributed by atoms with van der Waals surface area (Å²) in [7, 11) is -3.70. The predicted octanol–water partition coefficient (Wildman–Crippen LogP) is 1.19. The zero-order chi connectivity index (χ0) is 17.0. The van der Waals surface area contributed by atoms with E-state index in [1.807, 2.05) is 6.92 Å². The first-order chi connectivity index (χ1) is 10.9. The number of carbonyl (C=O) groups is 1. The van der Waals surface area contributed by atoms with Crippen LogP contribution in [0.4, 0.5) is 0 Å². The van der Waals surface area contributed by atoms with Gasteiger partial charge in [0.15, 0.2) is 0 Å². The monoisotopic (exact) mass is 361 g/mol. The molecule has 2 rings (SSSR count). The summed E-state index contributed by atoms with van der Waals surface area (Å²) in [6.45, 7) is 7.16. The quantitative estimate of drug-likeness (QED) is 0.708. The number of ether oxygens (including phenoxy) is 1. The maximum absolute atomic E-state index is 12.7. The molecule has 1 aliphatic rings. The molecule has 0 saturated carbocycles. The molecule has 1 aromatic heterocycles. The van der Waals surface area contributed by atoms with E-state index in [9.17, 15) is 13.2 Å². The fraction of sp³-hybridized carbons (Fsp3) is 0.571. The van der Waals surface area contributed by atoms with E-state index in [0.717, 1.165) is 6.54 Å². The number of sulfonamides is 1. The van der Waals surface area contributed by atoms with Crippen LogP contribution in [0.15, 0.2) is 17.2 Å². The average Bonchev–Trinajstić information content (AvgIpc) is 2.55. The molecule has 0 spiro atoms. The number of nitrogens with zero attached hydrogens (tertiary/aromatic N) is 3. The number of rotatable bonds is 6. The number of carbonyl (C=O) groups excluding carboxylic acids is 1. The largest absolute Gasteiger partial charge is 0.477 e. The summed E-state index contributed by atoms with van der Waals surface area (Å²) < 4.78 is 32.0. The summed E-state index contributed by atoms with van der Waals surface area (Å²) in [5.41, 5.74) is -0.0400. The zero-order valence-electron chi connectivity index (χ0n) is 13.2. The number of pyridine rings is 1. The van der Waals surface area contributed by atoms with E-state index in [4.69, 9.17) is 16.3 Å². The van der Waals surface area contributed by atoms with Gasteiger partial charge in [-0.2, -0.15) is 4.31 Å². The Morgan fingerprint density at radius 1 is 1.30 bits per heavy atom. The third-order valence-electron chi connectivity index (χ3n) is 3.74. The summed E-state index contributed by atoms with van der Waals surface area (Å²) in [6, 6.07) is 1.23. The summed E-state index contributed by atoms with van der Waals surface area (Å²) in [5, 5.41) is -0.797. The molecule has 0 radical (unpaired) electrons. The van der Waals surface area contributed by atoms with Crippen LogP contribution in [-0.2, 0) is 10.0 Å². The molecule has 7 nitrogen and oxygen atoms in total. The van der Waals surface area contributed by atoms with Gasteiger partial charge in [-0.1, -0.05) is 6.92 Å². The van der Waals surface area contributed by atoms with E-state index >= 15 is 0 Å². The molecule has 1 aromatic rings. The highest BCUT2D eigenvalue weighted by Crippen LogP contribution is 2.24. The lowest BCUT2D eigenvalue weighted by molar-refractivity contribution is 0.107. The molecule has 1 saturated heterocycles. The topological polar surface area (TPSA) is 79.8 Å². The van der Waals surface area contributed by atoms with Crippen LogP contribution in [0.3, 0.4) is 0 Å². The van der Waals surface area contributed by atoms with E-state index in [1.54, 1.807) is 6.92 Å². The minimum atomic E-state index is -3.70. The van der Waals surface area contributed by atoms with Crippen LogP contribution >= 0.6 is 11.6 Å². The average molecular weight is 362 g/mol. The molecule has 23 heavy (non-hydrogen) atoms. The Labute approximate surface area is 141 Å². The molecule has 128 valence electrons. The molecular formula is C14H20ClN3O4S. The first-order valence-electron chi connectivity index (χ1n) is 7.45. The van der Waals surface area contributed by atoms with Crippen molar-refractivity contribution in [3.63, 3.8) is 0 Å². The Morgan fingerprint density at radius 2 is 1.96 bits per heavy atom. The number of likely N-dealkylation sites (N-methyl/N-ethyl adjacent to an activating group) is 1. The van der Waals surface area contributed by atoms with Crippen LogP contribution in [0, 0.1) is 0 Å².